The molecule has 1 aliphatic carbocycles. The minimum absolute atomic E-state index is 0.109. The number of hydrogen-bond donors (Lipinski definition) is 2. The first-order valence-corrected chi connectivity index (χ1v) is 5.51. The number of halogens is 2. The van der Waals surface area contributed by atoms with Crippen molar-refractivity contribution in [1.29, 1.82) is 0 Å². The van der Waals surface area contributed by atoms with Gasteiger partial charge in [0, 0.05) is 0 Å². The van der Waals surface area contributed by atoms with Crippen molar-refractivity contribution in [1.82, 2.24) is 0 Å². The van der Waals surface area contributed by atoms with Crippen LogP contribution in [0.15, 0.2) is 18.2 Å². The zero-order chi connectivity index (χ0) is 12.3. The van der Waals surface area contributed by atoms with Gasteiger partial charge in [-0.1, -0.05) is 12.1 Å². The average molecular weight is 239 g/mol. The number of alkyl halides is 2. The molecule has 0 aromatic heterocycles. The van der Waals surface area contributed by atoms with E-state index in [9.17, 15) is 18.7 Å². The molecule has 1 aromatic rings. The molecule has 3 nitrogen and oxygen atoms in total. The van der Waals surface area contributed by atoms with Crippen LogP contribution < -0.4 is 5.32 Å². The van der Waals surface area contributed by atoms with E-state index in [0.29, 0.717) is 12.8 Å². The van der Waals surface area contributed by atoms with E-state index in [1.54, 1.807) is 6.07 Å². The lowest BCUT2D eigenvalue weighted by Gasteiger charge is -2.38. The molecule has 1 fully saturated rings. The molecule has 1 heterocycles. The number of nitrogens with one attached hydrogen (secondary N) is 1. The van der Waals surface area contributed by atoms with E-state index >= 15 is 0 Å². The Balaban J connectivity index is 2.21. The fourth-order valence-corrected chi connectivity index (χ4v) is 2.48. The second-order valence-electron chi connectivity index (χ2n) is 4.64. The van der Waals surface area contributed by atoms with Crippen LogP contribution in [0.4, 0.5) is 14.5 Å². The lowest BCUT2D eigenvalue weighted by Crippen LogP contribution is -2.36. The number of anilines is 1. The van der Waals surface area contributed by atoms with Crippen molar-refractivity contribution >= 4 is 11.6 Å². The molecule has 2 aliphatic rings. The van der Waals surface area contributed by atoms with Gasteiger partial charge in [-0.3, -0.25) is 4.79 Å². The lowest BCUT2D eigenvalue weighted by molar-refractivity contribution is -0.139. The Hall–Kier alpha value is -1.49. The Bertz CT molecular complexity index is 509. The molecule has 17 heavy (non-hydrogen) atoms. The van der Waals surface area contributed by atoms with Gasteiger partial charge in [-0.15, -0.1) is 0 Å². The quantitative estimate of drug-likeness (QED) is 0.788. The van der Waals surface area contributed by atoms with Crippen LogP contribution in [-0.2, 0) is 16.3 Å². The molecule has 0 unspecified atom stereocenters. The molecule has 0 bridgehead atoms. The summed E-state index contributed by atoms with van der Waals surface area (Å²) in [5.41, 5.74) is -1.25. The highest BCUT2D eigenvalue weighted by molar-refractivity contribution is 6.04. The monoisotopic (exact) mass is 239 g/mol. The SMILES string of the molecule is O=C1Nc2cccc(C3(O)CCC3)c2C1(F)F. The van der Waals surface area contributed by atoms with Gasteiger partial charge in [0.2, 0.25) is 0 Å². The van der Waals surface area contributed by atoms with Crippen LogP contribution in [0.1, 0.15) is 30.4 Å². The van der Waals surface area contributed by atoms with Gasteiger partial charge in [-0.25, -0.2) is 0 Å². The Labute approximate surface area is 96.4 Å². The zero-order valence-electron chi connectivity index (χ0n) is 8.96. The first-order valence-electron chi connectivity index (χ1n) is 5.51. The Morgan fingerprint density at radius 3 is 2.59 bits per heavy atom. The average Bonchev–Trinajstić information content (AvgIpc) is 2.47. The van der Waals surface area contributed by atoms with Crippen molar-refractivity contribution in [3.63, 3.8) is 0 Å². The Morgan fingerprint density at radius 1 is 1.29 bits per heavy atom. The van der Waals surface area contributed by atoms with E-state index in [1.165, 1.54) is 12.1 Å². The molecule has 1 aromatic carbocycles. The number of amides is 1. The van der Waals surface area contributed by atoms with Crippen LogP contribution in [0, 0.1) is 0 Å². The molecule has 0 radical (unpaired) electrons. The van der Waals surface area contributed by atoms with Crippen LogP contribution >= 0.6 is 0 Å². The highest BCUT2D eigenvalue weighted by Gasteiger charge is 2.53. The Morgan fingerprint density at radius 2 is 2.00 bits per heavy atom. The van der Waals surface area contributed by atoms with Gasteiger partial charge in [0.05, 0.1) is 16.9 Å². The van der Waals surface area contributed by atoms with Crippen molar-refractivity contribution in [3.05, 3.63) is 29.3 Å². The van der Waals surface area contributed by atoms with Crippen molar-refractivity contribution in [2.24, 2.45) is 0 Å². The first kappa shape index (κ1) is 10.7. The summed E-state index contributed by atoms with van der Waals surface area (Å²) in [6, 6.07) is 4.48. The number of benzene rings is 1. The topological polar surface area (TPSA) is 49.3 Å². The summed E-state index contributed by atoms with van der Waals surface area (Å²) in [7, 11) is 0. The summed E-state index contributed by atoms with van der Waals surface area (Å²) in [6.07, 6.45) is 1.74. The maximum atomic E-state index is 13.8. The molecule has 0 spiro atoms. The molecule has 1 saturated carbocycles. The van der Waals surface area contributed by atoms with Gasteiger partial charge in [-0.2, -0.15) is 8.78 Å². The first-order chi connectivity index (χ1) is 7.95. The third kappa shape index (κ3) is 1.26. The number of rotatable bonds is 1. The molecule has 0 saturated heterocycles. The summed E-state index contributed by atoms with van der Waals surface area (Å²) < 4.78 is 27.5. The summed E-state index contributed by atoms with van der Waals surface area (Å²) >= 11 is 0. The van der Waals surface area contributed by atoms with Crippen LogP contribution in [-0.4, -0.2) is 11.0 Å². The molecular formula is C12H11F2NO2. The Kier molecular flexibility index (Phi) is 1.91. The van der Waals surface area contributed by atoms with E-state index in [4.69, 9.17) is 0 Å². The van der Waals surface area contributed by atoms with Gasteiger partial charge in [0.1, 0.15) is 0 Å². The lowest BCUT2D eigenvalue weighted by atomic mass is 9.73. The predicted molar refractivity (Wildman–Crippen MR) is 56.7 cm³/mol. The third-order valence-corrected chi connectivity index (χ3v) is 3.59. The second kappa shape index (κ2) is 3.04. The minimum Gasteiger partial charge on any atom is -0.385 e. The standard InChI is InChI=1S/C12H11F2NO2/c13-12(14)9-7(11(17)5-2-6-11)3-1-4-8(9)15-10(12)16/h1,3-4,17H,2,5-6H2,(H,15,16). The smallest absolute Gasteiger partial charge is 0.352 e. The number of aliphatic hydroxyl groups is 1. The van der Waals surface area contributed by atoms with Crippen LogP contribution in [0.25, 0.3) is 0 Å². The highest BCUT2D eigenvalue weighted by atomic mass is 19.3. The third-order valence-electron chi connectivity index (χ3n) is 3.59. The summed E-state index contributed by atoms with van der Waals surface area (Å²) in [6.45, 7) is 0. The molecular weight excluding hydrogens is 228 g/mol. The van der Waals surface area contributed by atoms with Crippen molar-refractivity contribution < 1.29 is 18.7 Å². The van der Waals surface area contributed by atoms with Crippen molar-refractivity contribution in [3.8, 4) is 0 Å². The summed E-state index contributed by atoms with van der Waals surface area (Å²) in [4.78, 5) is 11.2. The number of carbonyl (C=O) groups excluding carboxylic acids is 1. The zero-order valence-corrected chi connectivity index (χ0v) is 8.96. The number of carbonyl (C=O) groups is 1. The van der Waals surface area contributed by atoms with Crippen molar-refractivity contribution in [2.45, 2.75) is 30.8 Å². The fourth-order valence-electron chi connectivity index (χ4n) is 2.48. The van der Waals surface area contributed by atoms with Gasteiger partial charge in [-0.05, 0) is 30.9 Å². The highest BCUT2D eigenvalue weighted by Crippen LogP contribution is 2.50. The van der Waals surface area contributed by atoms with Gasteiger partial charge < -0.3 is 10.4 Å². The maximum Gasteiger partial charge on any atom is 0.352 e. The van der Waals surface area contributed by atoms with Crippen LogP contribution in [0.3, 0.4) is 0 Å². The van der Waals surface area contributed by atoms with E-state index in [1.807, 2.05) is 0 Å². The van der Waals surface area contributed by atoms with Gasteiger partial charge in [0.25, 0.3) is 5.91 Å². The van der Waals surface area contributed by atoms with E-state index in [-0.39, 0.29) is 16.8 Å². The number of fused-ring (bicyclic) bond motifs is 1. The second-order valence-corrected chi connectivity index (χ2v) is 4.64. The van der Waals surface area contributed by atoms with Crippen LogP contribution in [0.5, 0.6) is 0 Å². The molecule has 90 valence electrons. The fraction of sp³-hybridized carbons (Fsp3) is 0.417. The van der Waals surface area contributed by atoms with E-state index in [2.05, 4.69) is 5.32 Å². The number of hydrogen-bond acceptors (Lipinski definition) is 2. The van der Waals surface area contributed by atoms with E-state index < -0.39 is 17.4 Å². The largest absolute Gasteiger partial charge is 0.385 e. The molecule has 5 heteroatoms. The molecule has 2 N–H and O–H groups in total. The summed E-state index contributed by atoms with van der Waals surface area (Å²) in [5.74, 6) is -4.86. The molecule has 1 amide bonds. The van der Waals surface area contributed by atoms with Gasteiger partial charge >= 0.3 is 5.92 Å². The van der Waals surface area contributed by atoms with E-state index in [0.717, 1.165) is 6.42 Å². The molecule has 1 aliphatic heterocycles. The molecule has 0 atom stereocenters. The summed E-state index contributed by atoms with van der Waals surface area (Å²) in [5, 5.41) is 12.3. The maximum absolute atomic E-state index is 13.8. The van der Waals surface area contributed by atoms with Gasteiger partial charge in [0.15, 0.2) is 0 Å². The predicted octanol–water partition coefficient (Wildman–Crippen LogP) is 2.10. The normalized spacial score (nSPS) is 23.8. The van der Waals surface area contributed by atoms with Crippen LogP contribution in [0.2, 0.25) is 0 Å². The van der Waals surface area contributed by atoms with Crippen molar-refractivity contribution in [2.75, 3.05) is 5.32 Å². The minimum atomic E-state index is -3.54. The molecule has 3 rings (SSSR count).